The quantitative estimate of drug-likeness (QED) is 0.846. The Morgan fingerprint density at radius 3 is 2.50 bits per heavy atom. The van der Waals surface area contributed by atoms with Gasteiger partial charge in [0.1, 0.15) is 5.82 Å². The molecular weight excluding hydrogens is 231 g/mol. The number of aliphatic hydroxyl groups is 1. The molecule has 4 heteroatoms. The normalized spacial score (nSPS) is 13.5. The van der Waals surface area contributed by atoms with Gasteiger partial charge in [-0.15, -0.1) is 0 Å². The Kier molecular flexibility index (Phi) is 4.71. The highest BCUT2D eigenvalue weighted by Gasteiger charge is 2.25. The Labute approximate surface area is 109 Å². The van der Waals surface area contributed by atoms with Crippen LogP contribution >= 0.6 is 0 Å². The van der Waals surface area contributed by atoms with E-state index in [2.05, 4.69) is 5.32 Å². The third kappa shape index (κ3) is 3.00. The number of halogens is 1. The van der Waals surface area contributed by atoms with Crippen LogP contribution in [-0.4, -0.2) is 31.3 Å². The van der Waals surface area contributed by atoms with Crippen LogP contribution in [0.4, 0.5) is 10.1 Å². The number of hydrogen-bond donors (Lipinski definition) is 2. The summed E-state index contributed by atoms with van der Waals surface area (Å²) in [5.74, 6) is -0.265. The fourth-order valence-corrected chi connectivity index (χ4v) is 1.66. The summed E-state index contributed by atoms with van der Waals surface area (Å²) >= 11 is 0. The van der Waals surface area contributed by atoms with E-state index < -0.39 is 5.54 Å². The smallest absolute Gasteiger partial charge is 0.146 e. The van der Waals surface area contributed by atoms with Gasteiger partial charge in [-0.1, -0.05) is 6.07 Å². The number of nitrogens with zero attached hydrogens (tertiary/aromatic N) is 1. The standard InChI is InChI=1S/C14H23FN2O/c1-10(16-4)11-6-7-13(12(15)8-11)17(5)14(2,3)9-18/h6-8,10,16,18H,9H2,1-5H3. The lowest BCUT2D eigenvalue weighted by atomic mass is 10.0. The molecule has 0 saturated heterocycles. The maximum absolute atomic E-state index is 14.1. The van der Waals surface area contributed by atoms with Crippen molar-refractivity contribution < 1.29 is 9.50 Å². The Hall–Kier alpha value is -1.13. The SMILES string of the molecule is CNC(C)c1ccc(N(C)C(C)(C)CO)c(F)c1. The van der Waals surface area contributed by atoms with Gasteiger partial charge in [-0.05, 0) is 45.5 Å². The van der Waals surface area contributed by atoms with E-state index in [-0.39, 0.29) is 18.5 Å². The summed E-state index contributed by atoms with van der Waals surface area (Å²) in [7, 11) is 3.63. The van der Waals surface area contributed by atoms with E-state index in [9.17, 15) is 9.50 Å². The zero-order chi connectivity index (χ0) is 13.9. The molecule has 0 saturated carbocycles. The number of rotatable bonds is 5. The largest absolute Gasteiger partial charge is 0.394 e. The van der Waals surface area contributed by atoms with E-state index in [0.29, 0.717) is 5.69 Å². The summed E-state index contributed by atoms with van der Waals surface area (Å²) in [6, 6.07) is 5.32. The summed E-state index contributed by atoms with van der Waals surface area (Å²) in [6.07, 6.45) is 0. The third-order valence-electron chi connectivity index (χ3n) is 3.56. The first kappa shape index (κ1) is 14.9. The van der Waals surface area contributed by atoms with Crippen molar-refractivity contribution in [1.29, 1.82) is 0 Å². The van der Waals surface area contributed by atoms with Crippen LogP contribution in [-0.2, 0) is 0 Å². The topological polar surface area (TPSA) is 35.5 Å². The maximum atomic E-state index is 14.1. The molecule has 0 aromatic heterocycles. The second-order valence-electron chi connectivity index (χ2n) is 5.25. The van der Waals surface area contributed by atoms with Crippen LogP contribution in [0.2, 0.25) is 0 Å². The van der Waals surface area contributed by atoms with Crippen LogP contribution < -0.4 is 10.2 Å². The monoisotopic (exact) mass is 254 g/mol. The first-order valence-electron chi connectivity index (χ1n) is 6.15. The maximum Gasteiger partial charge on any atom is 0.146 e. The zero-order valence-electron chi connectivity index (χ0n) is 11.8. The first-order valence-corrected chi connectivity index (χ1v) is 6.15. The summed E-state index contributed by atoms with van der Waals surface area (Å²) in [6.45, 7) is 5.70. The van der Waals surface area contributed by atoms with Crippen molar-refractivity contribution in [2.24, 2.45) is 0 Å². The molecule has 0 amide bonds. The van der Waals surface area contributed by atoms with Crippen molar-refractivity contribution >= 4 is 5.69 Å². The Morgan fingerprint density at radius 2 is 2.06 bits per heavy atom. The molecule has 102 valence electrons. The average Bonchev–Trinajstić information content (AvgIpc) is 2.36. The molecular formula is C14H23FN2O. The lowest BCUT2D eigenvalue weighted by Crippen LogP contribution is -2.44. The number of aliphatic hydroxyl groups excluding tert-OH is 1. The predicted octanol–water partition coefficient (Wildman–Crippen LogP) is 2.31. The minimum absolute atomic E-state index is 0.0301. The molecule has 18 heavy (non-hydrogen) atoms. The van der Waals surface area contributed by atoms with Crippen LogP contribution in [0.15, 0.2) is 18.2 Å². The zero-order valence-corrected chi connectivity index (χ0v) is 11.8. The molecule has 3 nitrogen and oxygen atoms in total. The van der Waals surface area contributed by atoms with Gasteiger partial charge in [0.2, 0.25) is 0 Å². The first-order chi connectivity index (χ1) is 8.33. The van der Waals surface area contributed by atoms with Gasteiger partial charge in [-0.25, -0.2) is 4.39 Å². The number of hydrogen-bond acceptors (Lipinski definition) is 3. The Bertz CT molecular complexity index is 407. The highest BCUT2D eigenvalue weighted by atomic mass is 19.1. The van der Waals surface area contributed by atoms with E-state index in [0.717, 1.165) is 5.56 Å². The molecule has 0 aliphatic carbocycles. The van der Waals surface area contributed by atoms with E-state index in [1.165, 1.54) is 0 Å². The summed E-state index contributed by atoms with van der Waals surface area (Å²) in [5.41, 5.74) is 0.923. The second-order valence-corrected chi connectivity index (χ2v) is 5.25. The van der Waals surface area contributed by atoms with Crippen molar-refractivity contribution in [2.45, 2.75) is 32.4 Å². The molecule has 1 aromatic carbocycles. The molecule has 0 radical (unpaired) electrons. The molecule has 2 N–H and O–H groups in total. The molecule has 0 spiro atoms. The van der Waals surface area contributed by atoms with Gasteiger partial charge < -0.3 is 15.3 Å². The Morgan fingerprint density at radius 1 is 1.44 bits per heavy atom. The molecule has 0 aliphatic heterocycles. The van der Waals surface area contributed by atoms with Crippen LogP contribution in [0.1, 0.15) is 32.4 Å². The fraction of sp³-hybridized carbons (Fsp3) is 0.571. The predicted molar refractivity (Wildman–Crippen MR) is 73.4 cm³/mol. The lowest BCUT2D eigenvalue weighted by molar-refractivity contribution is 0.215. The van der Waals surface area contributed by atoms with Gasteiger partial charge in [0.15, 0.2) is 0 Å². The summed E-state index contributed by atoms with van der Waals surface area (Å²) < 4.78 is 14.1. The van der Waals surface area contributed by atoms with Gasteiger partial charge >= 0.3 is 0 Å². The van der Waals surface area contributed by atoms with E-state index in [1.807, 2.05) is 33.9 Å². The molecule has 1 atom stereocenters. The van der Waals surface area contributed by atoms with Crippen LogP contribution in [0.3, 0.4) is 0 Å². The van der Waals surface area contributed by atoms with E-state index in [1.54, 1.807) is 24.1 Å². The van der Waals surface area contributed by atoms with Gasteiger partial charge in [-0.3, -0.25) is 0 Å². The highest BCUT2D eigenvalue weighted by molar-refractivity contribution is 5.51. The van der Waals surface area contributed by atoms with Gasteiger partial charge in [-0.2, -0.15) is 0 Å². The molecule has 0 fully saturated rings. The second kappa shape index (κ2) is 5.67. The van der Waals surface area contributed by atoms with Crippen molar-refractivity contribution in [3.63, 3.8) is 0 Å². The van der Waals surface area contributed by atoms with E-state index >= 15 is 0 Å². The molecule has 0 bridgehead atoms. The van der Waals surface area contributed by atoms with Crippen molar-refractivity contribution in [2.75, 3.05) is 25.6 Å². The fourth-order valence-electron chi connectivity index (χ4n) is 1.66. The number of anilines is 1. The molecule has 0 aliphatic rings. The number of benzene rings is 1. The van der Waals surface area contributed by atoms with Crippen LogP contribution in [0, 0.1) is 5.82 Å². The van der Waals surface area contributed by atoms with Gasteiger partial charge in [0.05, 0.1) is 17.8 Å². The lowest BCUT2D eigenvalue weighted by Gasteiger charge is -2.36. The number of nitrogens with one attached hydrogen (secondary N) is 1. The van der Waals surface area contributed by atoms with Gasteiger partial charge in [0.25, 0.3) is 0 Å². The van der Waals surface area contributed by atoms with Crippen molar-refractivity contribution in [1.82, 2.24) is 5.32 Å². The average molecular weight is 254 g/mol. The van der Waals surface area contributed by atoms with Crippen molar-refractivity contribution in [3.8, 4) is 0 Å². The summed E-state index contributed by atoms with van der Waals surface area (Å²) in [5, 5.41) is 12.4. The van der Waals surface area contributed by atoms with Crippen molar-refractivity contribution in [3.05, 3.63) is 29.6 Å². The Balaban J connectivity index is 3.06. The molecule has 1 aromatic rings. The molecule has 1 rings (SSSR count). The van der Waals surface area contributed by atoms with Crippen LogP contribution in [0.5, 0.6) is 0 Å². The molecule has 1 unspecified atom stereocenters. The number of likely N-dealkylation sites (N-methyl/N-ethyl adjacent to an activating group) is 1. The summed E-state index contributed by atoms with van der Waals surface area (Å²) in [4.78, 5) is 1.76. The third-order valence-corrected chi connectivity index (χ3v) is 3.56. The van der Waals surface area contributed by atoms with Gasteiger partial charge in [0, 0.05) is 13.1 Å². The minimum Gasteiger partial charge on any atom is -0.394 e. The highest BCUT2D eigenvalue weighted by Crippen LogP contribution is 2.27. The van der Waals surface area contributed by atoms with Crippen LogP contribution in [0.25, 0.3) is 0 Å². The minimum atomic E-state index is -0.489. The van der Waals surface area contributed by atoms with E-state index in [4.69, 9.17) is 0 Å². The molecule has 0 heterocycles.